The van der Waals surface area contributed by atoms with Gasteiger partial charge in [-0.3, -0.25) is 4.98 Å². The van der Waals surface area contributed by atoms with Gasteiger partial charge in [0, 0.05) is 23.6 Å². The molecule has 2 atom stereocenters. The van der Waals surface area contributed by atoms with Crippen LogP contribution in [0.4, 0.5) is 13.2 Å². The van der Waals surface area contributed by atoms with Gasteiger partial charge in [0.1, 0.15) is 0 Å². The topological polar surface area (TPSA) is 33.1 Å². The zero-order valence-electron chi connectivity index (χ0n) is 19.1. The molecule has 8 heteroatoms. The second kappa shape index (κ2) is 8.73. The molecular weight excluding hydrogens is 457 g/mol. The first-order valence-corrected chi connectivity index (χ1v) is 12.0. The number of rotatable bonds is 4. The van der Waals surface area contributed by atoms with Crippen molar-refractivity contribution in [3.05, 3.63) is 82.9 Å². The number of halogens is 3. The van der Waals surface area contributed by atoms with E-state index in [0.717, 1.165) is 54.4 Å². The summed E-state index contributed by atoms with van der Waals surface area (Å²) in [6.45, 7) is 3.76. The maximum absolute atomic E-state index is 13.8. The number of hydrogen-bond donors (Lipinski definition) is 1. The molecule has 1 saturated heterocycles. The summed E-state index contributed by atoms with van der Waals surface area (Å²) in [5, 5.41) is 4.17. The Kier molecular flexibility index (Phi) is 5.88. The number of aryl methyl sites for hydroxylation is 1. The Balaban J connectivity index is 1.66. The van der Waals surface area contributed by atoms with Gasteiger partial charge in [-0.1, -0.05) is 31.0 Å². The third-order valence-electron chi connectivity index (χ3n) is 7.09. The number of nitrogens with one attached hydrogen (secondary N) is 1. The summed E-state index contributed by atoms with van der Waals surface area (Å²) in [5.74, 6) is 0. The van der Waals surface area contributed by atoms with Crippen molar-refractivity contribution in [1.82, 2.24) is 19.8 Å². The van der Waals surface area contributed by atoms with Crippen molar-refractivity contribution in [3.63, 3.8) is 0 Å². The molecule has 1 aliphatic carbocycles. The summed E-state index contributed by atoms with van der Waals surface area (Å²) >= 11 is 5.81. The van der Waals surface area contributed by atoms with E-state index in [1.165, 1.54) is 12.1 Å². The molecule has 0 spiro atoms. The molecule has 34 heavy (non-hydrogen) atoms. The van der Waals surface area contributed by atoms with Crippen molar-refractivity contribution in [2.24, 2.45) is 0 Å². The molecule has 2 aliphatic rings. The average Bonchev–Trinajstić information content (AvgIpc) is 3.51. The van der Waals surface area contributed by atoms with Crippen LogP contribution in [0.1, 0.15) is 66.0 Å². The molecule has 3 heterocycles. The Hall–Kier alpha value is -2.87. The molecule has 0 radical (unpaired) electrons. The number of aromatic nitrogens is 2. The van der Waals surface area contributed by atoms with E-state index >= 15 is 0 Å². The molecule has 0 bridgehead atoms. The van der Waals surface area contributed by atoms with Crippen LogP contribution in [0.2, 0.25) is 0 Å². The molecule has 1 aliphatic heterocycles. The molecule has 2 aromatic heterocycles. The fourth-order valence-electron chi connectivity index (χ4n) is 5.64. The second-order valence-corrected chi connectivity index (χ2v) is 9.54. The lowest BCUT2D eigenvalue weighted by Gasteiger charge is -2.33. The van der Waals surface area contributed by atoms with Gasteiger partial charge >= 0.3 is 6.18 Å². The summed E-state index contributed by atoms with van der Waals surface area (Å²) in [5.41, 5.74) is 2.90. The van der Waals surface area contributed by atoms with Crippen LogP contribution in [0, 0.1) is 13.8 Å². The number of nitrogens with zero attached hydrogens (tertiary/aromatic N) is 3. The highest BCUT2D eigenvalue weighted by Crippen LogP contribution is 2.45. The van der Waals surface area contributed by atoms with Crippen LogP contribution in [-0.4, -0.2) is 25.6 Å². The molecule has 0 amide bonds. The number of pyridine rings is 1. The highest BCUT2D eigenvalue weighted by Gasteiger charge is 2.45. The van der Waals surface area contributed by atoms with Gasteiger partial charge in [0.25, 0.3) is 0 Å². The summed E-state index contributed by atoms with van der Waals surface area (Å²) in [6.07, 6.45) is 1.75. The maximum atomic E-state index is 13.8. The van der Waals surface area contributed by atoms with E-state index in [4.69, 9.17) is 12.2 Å². The third kappa shape index (κ3) is 3.87. The fraction of sp³-hybridized carbons (Fsp3) is 0.385. The molecular formula is C26H27F3N4S. The van der Waals surface area contributed by atoms with Gasteiger partial charge < -0.3 is 14.8 Å². The maximum Gasteiger partial charge on any atom is 0.418 e. The minimum Gasteiger partial charge on any atom is -0.352 e. The molecule has 3 aromatic rings. The first-order chi connectivity index (χ1) is 16.3. The number of hydrogen-bond acceptors (Lipinski definition) is 2. The first kappa shape index (κ1) is 22.9. The normalized spacial score (nSPS) is 21.3. The van der Waals surface area contributed by atoms with E-state index in [-0.39, 0.29) is 17.8 Å². The summed E-state index contributed by atoms with van der Waals surface area (Å²) < 4.78 is 43.3. The molecule has 1 aromatic carbocycles. The van der Waals surface area contributed by atoms with Gasteiger partial charge in [0.05, 0.1) is 29.0 Å². The van der Waals surface area contributed by atoms with Crippen LogP contribution in [0.3, 0.4) is 0 Å². The average molecular weight is 485 g/mol. The Morgan fingerprint density at radius 1 is 1.03 bits per heavy atom. The molecule has 4 nitrogen and oxygen atoms in total. The van der Waals surface area contributed by atoms with Gasteiger partial charge in [0.2, 0.25) is 0 Å². The molecule has 1 N–H and O–H groups in total. The highest BCUT2D eigenvalue weighted by atomic mass is 32.1. The molecule has 2 fully saturated rings. The van der Waals surface area contributed by atoms with Gasteiger partial charge in [0.15, 0.2) is 5.11 Å². The van der Waals surface area contributed by atoms with Crippen molar-refractivity contribution in [2.75, 3.05) is 0 Å². The molecule has 5 rings (SSSR count). The van der Waals surface area contributed by atoms with E-state index in [9.17, 15) is 13.2 Å². The SMILES string of the molecule is Cc1cc([C@@H]2[C@H](c3ccccn3)NC(=S)N2C2CCCC2)c(C)n1-c1ccccc1C(F)(F)F. The Morgan fingerprint density at radius 3 is 2.41 bits per heavy atom. The lowest BCUT2D eigenvalue weighted by molar-refractivity contribution is -0.137. The number of benzene rings is 1. The summed E-state index contributed by atoms with van der Waals surface area (Å²) in [4.78, 5) is 6.87. The number of para-hydroxylation sites is 1. The number of alkyl halides is 3. The van der Waals surface area contributed by atoms with Gasteiger partial charge in [-0.25, -0.2) is 0 Å². The summed E-state index contributed by atoms with van der Waals surface area (Å²) in [6, 6.07) is 13.6. The van der Waals surface area contributed by atoms with E-state index in [1.807, 2.05) is 38.1 Å². The van der Waals surface area contributed by atoms with Crippen LogP contribution in [0.15, 0.2) is 54.7 Å². The molecule has 1 saturated carbocycles. The molecule has 178 valence electrons. The minimum atomic E-state index is -4.44. The van der Waals surface area contributed by atoms with E-state index < -0.39 is 11.7 Å². The van der Waals surface area contributed by atoms with E-state index in [1.54, 1.807) is 16.8 Å². The second-order valence-electron chi connectivity index (χ2n) is 9.15. The van der Waals surface area contributed by atoms with Crippen LogP contribution >= 0.6 is 12.2 Å². The zero-order chi connectivity index (χ0) is 24.0. The predicted octanol–water partition coefficient (Wildman–Crippen LogP) is 6.42. The van der Waals surface area contributed by atoms with Crippen LogP contribution in [0.25, 0.3) is 5.69 Å². The van der Waals surface area contributed by atoms with Gasteiger partial charge in [-0.2, -0.15) is 13.2 Å². The van der Waals surface area contributed by atoms with Crippen molar-refractivity contribution in [3.8, 4) is 5.69 Å². The monoisotopic (exact) mass is 484 g/mol. The largest absolute Gasteiger partial charge is 0.418 e. The highest BCUT2D eigenvalue weighted by molar-refractivity contribution is 7.80. The van der Waals surface area contributed by atoms with Crippen molar-refractivity contribution in [1.29, 1.82) is 0 Å². The Bertz CT molecular complexity index is 1200. The van der Waals surface area contributed by atoms with Gasteiger partial charge in [-0.05, 0) is 74.8 Å². The molecule has 0 unspecified atom stereocenters. The third-order valence-corrected chi connectivity index (χ3v) is 7.42. The van der Waals surface area contributed by atoms with Gasteiger partial charge in [-0.15, -0.1) is 0 Å². The summed E-state index contributed by atoms with van der Waals surface area (Å²) in [7, 11) is 0. The van der Waals surface area contributed by atoms with E-state index in [0.29, 0.717) is 11.2 Å². The van der Waals surface area contributed by atoms with Crippen LogP contribution in [0.5, 0.6) is 0 Å². The smallest absolute Gasteiger partial charge is 0.352 e. The quantitative estimate of drug-likeness (QED) is 0.433. The zero-order valence-corrected chi connectivity index (χ0v) is 20.0. The standard InChI is InChI=1S/C26H27F3N4S/c1-16-15-19(17(2)32(16)22-13-6-5-11-20(22)26(27,28)29)24-23(21-12-7-8-14-30-21)31-25(34)33(24)18-9-3-4-10-18/h5-8,11-15,18,23-24H,3-4,9-10H2,1-2H3,(H,31,34)/t23-,24+/m0/s1. The predicted molar refractivity (Wildman–Crippen MR) is 130 cm³/mol. The van der Waals surface area contributed by atoms with Crippen LogP contribution < -0.4 is 5.32 Å². The lowest BCUT2D eigenvalue weighted by atomic mass is 9.95. The van der Waals surface area contributed by atoms with Crippen molar-refractivity contribution < 1.29 is 13.2 Å². The Labute approximate surface area is 202 Å². The number of thiocarbonyl (C=S) groups is 1. The van der Waals surface area contributed by atoms with E-state index in [2.05, 4.69) is 15.2 Å². The Morgan fingerprint density at radius 2 is 1.74 bits per heavy atom. The van der Waals surface area contributed by atoms with Crippen molar-refractivity contribution in [2.45, 2.75) is 63.8 Å². The van der Waals surface area contributed by atoms with Crippen molar-refractivity contribution >= 4 is 17.3 Å². The lowest BCUT2D eigenvalue weighted by Crippen LogP contribution is -2.37. The minimum absolute atomic E-state index is 0.145. The fourth-order valence-corrected chi connectivity index (χ4v) is 6.03. The van der Waals surface area contributed by atoms with Crippen LogP contribution in [-0.2, 0) is 6.18 Å². The first-order valence-electron chi connectivity index (χ1n) is 11.6.